The molecule has 0 aliphatic carbocycles. The minimum absolute atomic E-state index is 0.0454. The quantitative estimate of drug-likeness (QED) is 0.276. The number of thiazole rings is 1. The van der Waals surface area contributed by atoms with Gasteiger partial charge < -0.3 is 19.8 Å². The molecule has 0 saturated carbocycles. The van der Waals surface area contributed by atoms with Crippen LogP contribution in [0.2, 0.25) is 0 Å². The van der Waals surface area contributed by atoms with E-state index in [2.05, 4.69) is 11.1 Å². The van der Waals surface area contributed by atoms with Crippen molar-refractivity contribution < 1.29 is 24.5 Å². The van der Waals surface area contributed by atoms with Gasteiger partial charge in [-0.3, -0.25) is 4.79 Å². The van der Waals surface area contributed by atoms with Gasteiger partial charge in [-0.15, -0.1) is 11.3 Å². The molecule has 1 saturated heterocycles. The standard InChI is InChI=1S/C27H28N2O5S2/c1-34-23-10-5-19(6-11-23)20-4-2-3-18(15-20)16-22(30)9-7-21-8-12-25(31)29(21)13-14-35-27-28-24(17-36-27)26(32)33/h2-7,9-11,15,17,21-22,30H,8,12-14,16H2,1H3,(H,32,33)/t21-,22+/m0/s1. The van der Waals surface area contributed by atoms with E-state index < -0.39 is 12.1 Å². The Morgan fingerprint density at radius 2 is 2.08 bits per heavy atom. The number of nitrogens with zero attached hydrogens (tertiary/aromatic N) is 2. The first-order valence-electron chi connectivity index (χ1n) is 11.6. The third kappa shape index (κ3) is 6.75. The largest absolute Gasteiger partial charge is 0.497 e. The number of likely N-dealkylation sites (tertiary alicyclic amines) is 1. The molecule has 0 spiro atoms. The maximum atomic E-state index is 12.4. The minimum atomic E-state index is -1.04. The number of hydrogen-bond donors (Lipinski definition) is 2. The Kier molecular flexibility index (Phi) is 8.79. The van der Waals surface area contributed by atoms with Crippen LogP contribution >= 0.6 is 23.1 Å². The van der Waals surface area contributed by atoms with Gasteiger partial charge in [0, 0.05) is 30.5 Å². The molecule has 1 aliphatic heterocycles. The zero-order valence-corrected chi connectivity index (χ0v) is 21.5. The summed E-state index contributed by atoms with van der Waals surface area (Å²) in [7, 11) is 1.64. The Morgan fingerprint density at radius 1 is 1.28 bits per heavy atom. The maximum absolute atomic E-state index is 12.4. The van der Waals surface area contributed by atoms with Crippen molar-refractivity contribution in [1.29, 1.82) is 0 Å². The Morgan fingerprint density at radius 3 is 2.81 bits per heavy atom. The Bertz CT molecular complexity index is 1220. The van der Waals surface area contributed by atoms with Crippen molar-refractivity contribution >= 4 is 35.0 Å². The highest BCUT2D eigenvalue weighted by Crippen LogP contribution is 2.26. The van der Waals surface area contributed by atoms with E-state index in [1.807, 2.05) is 53.4 Å². The van der Waals surface area contributed by atoms with Crippen LogP contribution in [0.4, 0.5) is 0 Å². The number of benzene rings is 2. The first-order chi connectivity index (χ1) is 17.4. The number of carboxylic acids is 1. The number of ether oxygens (including phenoxy) is 1. The highest BCUT2D eigenvalue weighted by molar-refractivity contribution is 8.01. The molecule has 2 N–H and O–H groups in total. The second-order valence-electron chi connectivity index (χ2n) is 8.43. The molecular weight excluding hydrogens is 496 g/mol. The van der Waals surface area contributed by atoms with E-state index in [4.69, 9.17) is 9.84 Å². The van der Waals surface area contributed by atoms with Gasteiger partial charge in [-0.1, -0.05) is 60.3 Å². The molecule has 0 bridgehead atoms. The average molecular weight is 525 g/mol. The molecule has 2 heterocycles. The van der Waals surface area contributed by atoms with Gasteiger partial charge in [0.05, 0.1) is 19.3 Å². The normalized spacial score (nSPS) is 16.6. The molecule has 1 amide bonds. The van der Waals surface area contributed by atoms with E-state index in [0.717, 1.165) is 28.9 Å². The van der Waals surface area contributed by atoms with Crippen LogP contribution in [0.25, 0.3) is 11.1 Å². The molecule has 4 rings (SSSR count). The van der Waals surface area contributed by atoms with Crippen LogP contribution in [0.3, 0.4) is 0 Å². The van der Waals surface area contributed by atoms with Gasteiger partial charge in [0.2, 0.25) is 5.91 Å². The van der Waals surface area contributed by atoms with Crippen molar-refractivity contribution in [3.8, 4) is 16.9 Å². The molecule has 2 atom stereocenters. The fraction of sp³-hybridized carbons (Fsp3) is 0.296. The lowest BCUT2D eigenvalue weighted by Gasteiger charge is -2.22. The van der Waals surface area contributed by atoms with Crippen molar-refractivity contribution in [2.24, 2.45) is 0 Å². The molecule has 188 valence electrons. The number of carboxylic acid groups (broad SMARTS) is 1. The van der Waals surface area contributed by atoms with Crippen LogP contribution in [0.1, 0.15) is 28.9 Å². The van der Waals surface area contributed by atoms with Gasteiger partial charge in [-0.05, 0) is 35.2 Å². The number of aliphatic hydroxyl groups is 1. The summed E-state index contributed by atoms with van der Waals surface area (Å²) in [5.74, 6) is 0.494. The number of aromatic carboxylic acids is 1. The van der Waals surface area contributed by atoms with Crippen molar-refractivity contribution in [3.63, 3.8) is 0 Å². The van der Waals surface area contributed by atoms with Gasteiger partial charge in [0.25, 0.3) is 0 Å². The molecule has 36 heavy (non-hydrogen) atoms. The number of aromatic nitrogens is 1. The van der Waals surface area contributed by atoms with E-state index in [9.17, 15) is 14.7 Å². The molecule has 0 radical (unpaired) electrons. The fourth-order valence-corrected chi connectivity index (χ4v) is 5.94. The summed E-state index contributed by atoms with van der Waals surface area (Å²) in [5, 5.41) is 21.2. The first kappa shape index (κ1) is 25.9. The number of thioether (sulfide) groups is 1. The molecule has 1 aliphatic rings. The zero-order valence-electron chi connectivity index (χ0n) is 19.9. The Labute approximate surface area is 218 Å². The number of rotatable bonds is 11. The monoisotopic (exact) mass is 524 g/mol. The SMILES string of the molecule is COc1ccc(-c2cccc(C[C@H](O)C=C[C@H]3CCC(=O)N3CCSc3nc(C(=O)O)cs3)c2)cc1. The molecule has 3 aromatic rings. The van der Waals surface area contributed by atoms with Gasteiger partial charge >= 0.3 is 5.97 Å². The van der Waals surface area contributed by atoms with Gasteiger partial charge in [-0.25, -0.2) is 9.78 Å². The minimum Gasteiger partial charge on any atom is -0.497 e. The van der Waals surface area contributed by atoms with E-state index >= 15 is 0 Å². The number of methoxy groups -OCH3 is 1. The summed E-state index contributed by atoms with van der Waals surface area (Å²) in [5.41, 5.74) is 3.23. The Hall–Kier alpha value is -3.14. The van der Waals surface area contributed by atoms with E-state index in [1.165, 1.54) is 28.5 Å². The molecule has 2 aromatic carbocycles. The van der Waals surface area contributed by atoms with Crippen LogP contribution in [0.5, 0.6) is 5.75 Å². The fourth-order valence-electron chi connectivity index (χ4n) is 4.13. The summed E-state index contributed by atoms with van der Waals surface area (Å²) in [4.78, 5) is 29.3. The highest BCUT2D eigenvalue weighted by atomic mass is 32.2. The van der Waals surface area contributed by atoms with Crippen LogP contribution < -0.4 is 4.74 Å². The number of aliphatic hydroxyl groups excluding tert-OH is 1. The Balaban J connectivity index is 1.31. The maximum Gasteiger partial charge on any atom is 0.355 e. The number of hydrogen-bond acceptors (Lipinski definition) is 7. The third-order valence-electron chi connectivity index (χ3n) is 5.99. The number of carbonyl (C=O) groups excluding carboxylic acids is 1. The second kappa shape index (κ2) is 12.2. The summed E-state index contributed by atoms with van der Waals surface area (Å²) in [6, 6.07) is 15.9. The molecule has 7 nitrogen and oxygen atoms in total. The zero-order chi connectivity index (χ0) is 25.5. The summed E-state index contributed by atoms with van der Waals surface area (Å²) >= 11 is 2.74. The van der Waals surface area contributed by atoms with Crippen molar-refractivity contribution in [2.45, 2.75) is 35.7 Å². The lowest BCUT2D eigenvalue weighted by Crippen LogP contribution is -2.33. The van der Waals surface area contributed by atoms with Crippen LogP contribution in [0.15, 0.2) is 70.4 Å². The predicted molar refractivity (Wildman–Crippen MR) is 142 cm³/mol. The molecule has 9 heteroatoms. The second-order valence-corrected chi connectivity index (χ2v) is 10.6. The molecule has 1 fully saturated rings. The highest BCUT2D eigenvalue weighted by Gasteiger charge is 2.28. The van der Waals surface area contributed by atoms with Crippen molar-refractivity contribution in [2.75, 3.05) is 19.4 Å². The summed E-state index contributed by atoms with van der Waals surface area (Å²) in [6.07, 6.45) is 4.74. The van der Waals surface area contributed by atoms with Crippen LogP contribution in [-0.4, -0.2) is 63.5 Å². The average Bonchev–Trinajstić information content (AvgIpc) is 3.50. The van der Waals surface area contributed by atoms with Crippen LogP contribution in [-0.2, 0) is 11.2 Å². The van der Waals surface area contributed by atoms with Gasteiger partial charge in [-0.2, -0.15) is 0 Å². The summed E-state index contributed by atoms with van der Waals surface area (Å²) in [6.45, 7) is 0.542. The molecule has 0 unspecified atom stereocenters. The predicted octanol–water partition coefficient (Wildman–Crippen LogP) is 4.76. The lowest BCUT2D eigenvalue weighted by molar-refractivity contribution is -0.128. The van der Waals surface area contributed by atoms with Crippen LogP contribution in [0, 0.1) is 0 Å². The summed E-state index contributed by atoms with van der Waals surface area (Å²) < 4.78 is 5.91. The first-order valence-corrected chi connectivity index (χ1v) is 13.5. The van der Waals surface area contributed by atoms with Gasteiger partial charge in [0.15, 0.2) is 10.0 Å². The van der Waals surface area contributed by atoms with E-state index in [-0.39, 0.29) is 17.6 Å². The number of carbonyl (C=O) groups is 2. The number of amides is 1. The molecule has 1 aromatic heterocycles. The van der Waals surface area contributed by atoms with E-state index in [1.54, 1.807) is 13.2 Å². The van der Waals surface area contributed by atoms with Crippen molar-refractivity contribution in [1.82, 2.24) is 9.88 Å². The molecular formula is C27H28N2O5S2. The topological polar surface area (TPSA) is 100.0 Å². The smallest absolute Gasteiger partial charge is 0.355 e. The van der Waals surface area contributed by atoms with E-state index in [0.29, 0.717) is 29.5 Å². The lowest BCUT2D eigenvalue weighted by atomic mass is 10.00. The van der Waals surface area contributed by atoms with Gasteiger partial charge in [0.1, 0.15) is 5.75 Å². The third-order valence-corrected chi connectivity index (χ3v) is 7.99. The van der Waals surface area contributed by atoms with Crippen molar-refractivity contribution in [3.05, 3.63) is 77.3 Å².